The minimum absolute atomic E-state index is 0.0108. The molecule has 0 unspecified atom stereocenters. The van der Waals surface area contributed by atoms with Gasteiger partial charge in [-0.3, -0.25) is 9.59 Å². The highest BCUT2D eigenvalue weighted by molar-refractivity contribution is 5.80. The third kappa shape index (κ3) is 4.87. The molecule has 172 valence electrons. The Kier molecular flexibility index (Phi) is 6.92. The number of carbonyl (C=O) groups excluding carboxylic acids is 2. The highest BCUT2D eigenvalue weighted by atomic mass is 19.1. The molecule has 1 atom stereocenters. The summed E-state index contributed by atoms with van der Waals surface area (Å²) in [7, 11) is 0. The molecule has 2 fully saturated rings. The number of likely N-dealkylation sites (tertiary alicyclic amines) is 2. The van der Waals surface area contributed by atoms with E-state index < -0.39 is 0 Å². The van der Waals surface area contributed by atoms with E-state index in [2.05, 4.69) is 5.16 Å². The van der Waals surface area contributed by atoms with Gasteiger partial charge in [-0.1, -0.05) is 23.4 Å². The van der Waals surface area contributed by atoms with Gasteiger partial charge in [0.1, 0.15) is 11.6 Å². The largest absolute Gasteiger partial charge is 0.361 e. The summed E-state index contributed by atoms with van der Waals surface area (Å²) in [5.41, 5.74) is 2.12. The summed E-state index contributed by atoms with van der Waals surface area (Å²) in [5.74, 6) is 0.880. The quantitative estimate of drug-likeness (QED) is 0.707. The Balaban J connectivity index is 1.35. The molecule has 1 aromatic heterocycles. The predicted molar refractivity (Wildman–Crippen MR) is 118 cm³/mol. The van der Waals surface area contributed by atoms with Gasteiger partial charge in [-0.15, -0.1) is 0 Å². The fourth-order valence-electron chi connectivity index (χ4n) is 5.21. The molecule has 2 aliphatic rings. The van der Waals surface area contributed by atoms with Crippen molar-refractivity contribution in [3.05, 3.63) is 52.7 Å². The molecule has 3 heterocycles. The van der Waals surface area contributed by atoms with Crippen molar-refractivity contribution in [3.8, 4) is 0 Å². The van der Waals surface area contributed by atoms with E-state index in [-0.39, 0.29) is 30.1 Å². The standard InChI is InChI=1S/C25H32FN3O3/c1-17-21(18(2)32-27-17)16-24(30)28-13-10-19(11-14-28)23-9-5-6-12-29(23)25(31)15-20-7-3-4-8-22(20)26/h3-4,7-8,19,23H,5-6,9-16H2,1-2H3/t23-/m1/s1. The van der Waals surface area contributed by atoms with Crippen LogP contribution < -0.4 is 0 Å². The lowest BCUT2D eigenvalue weighted by molar-refractivity contribution is -0.138. The normalized spacial score (nSPS) is 19.9. The number of amides is 2. The van der Waals surface area contributed by atoms with E-state index >= 15 is 0 Å². The van der Waals surface area contributed by atoms with Gasteiger partial charge in [-0.25, -0.2) is 4.39 Å². The Bertz CT molecular complexity index is 946. The molecular weight excluding hydrogens is 409 g/mol. The van der Waals surface area contributed by atoms with Crippen LogP contribution in [0.3, 0.4) is 0 Å². The van der Waals surface area contributed by atoms with Crippen molar-refractivity contribution in [2.24, 2.45) is 5.92 Å². The summed E-state index contributed by atoms with van der Waals surface area (Å²) < 4.78 is 19.2. The molecule has 1 aromatic carbocycles. The van der Waals surface area contributed by atoms with Gasteiger partial charge in [0, 0.05) is 31.2 Å². The maximum Gasteiger partial charge on any atom is 0.227 e. The van der Waals surface area contributed by atoms with Crippen LogP contribution in [0.1, 0.15) is 54.7 Å². The van der Waals surface area contributed by atoms with Crippen molar-refractivity contribution < 1.29 is 18.5 Å². The van der Waals surface area contributed by atoms with Gasteiger partial charge in [0.25, 0.3) is 0 Å². The third-order valence-electron chi connectivity index (χ3n) is 7.11. The minimum atomic E-state index is -0.320. The first-order valence-corrected chi connectivity index (χ1v) is 11.7. The van der Waals surface area contributed by atoms with E-state index in [1.165, 1.54) is 6.07 Å². The van der Waals surface area contributed by atoms with E-state index in [9.17, 15) is 14.0 Å². The average Bonchev–Trinajstić information content (AvgIpc) is 3.12. The number of nitrogens with zero attached hydrogens (tertiary/aromatic N) is 3. The Labute approximate surface area is 188 Å². The van der Waals surface area contributed by atoms with E-state index in [0.29, 0.717) is 36.8 Å². The Morgan fingerprint density at radius 3 is 2.47 bits per heavy atom. The molecule has 2 saturated heterocycles. The number of carbonyl (C=O) groups is 2. The Hall–Kier alpha value is -2.70. The number of piperidine rings is 2. The van der Waals surface area contributed by atoms with E-state index in [4.69, 9.17) is 4.52 Å². The van der Waals surface area contributed by atoms with Crippen LogP contribution in [-0.2, 0) is 22.4 Å². The molecule has 0 saturated carbocycles. The van der Waals surface area contributed by atoms with Gasteiger partial charge in [-0.05, 0) is 63.5 Å². The summed E-state index contributed by atoms with van der Waals surface area (Å²) in [4.78, 5) is 29.8. The fraction of sp³-hybridized carbons (Fsp3) is 0.560. The summed E-state index contributed by atoms with van der Waals surface area (Å²) in [6.07, 6.45) is 5.30. The monoisotopic (exact) mass is 441 g/mol. The van der Waals surface area contributed by atoms with Crippen LogP contribution in [-0.4, -0.2) is 52.4 Å². The number of benzene rings is 1. The molecule has 4 rings (SSSR count). The fourth-order valence-corrected chi connectivity index (χ4v) is 5.21. The van der Waals surface area contributed by atoms with Crippen molar-refractivity contribution in [2.75, 3.05) is 19.6 Å². The molecule has 0 aliphatic carbocycles. The zero-order valence-corrected chi connectivity index (χ0v) is 19.0. The van der Waals surface area contributed by atoms with Crippen molar-refractivity contribution in [1.29, 1.82) is 0 Å². The number of aryl methyl sites for hydroxylation is 2. The van der Waals surface area contributed by atoms with E-state index in [0.717, 1.165) is 49.9 Å². The molecule has 0 N–H and O–H groups in total. The summed E-state index contributed by atoms with van der Waals surface area (Å²) in [5, 5.41) is 3.94. The van der Waals surface area contributed by atoms with Gasteiger partial charge in [-0.2, -0.15) is 0 Å². The minimum Gasteiger partial charge on any atom is -0.361 e. The van der Waals surface area contributed by atoms with Crippen molar-refractivity contribution >= 4 is 11.8 Å². The predicted octanol–water partition coefficient (Wildman–Crippen LogP) is 3.84. The molecule has 0 spiro atoms. The number of halogens is 1. The summed E-state index contributed by atoms with van der Waals surface area (Å²) in [6.45, 7) is 5.85. The first-order chi connectivity index (χ1) is 15.4. The van der Waals surface area contributed by atoms with Crippen LogP contribution in [0.5, 0.6) is 0 Å². The second-order valence-corrected chi connectivity index (χ2v) is 9.12. The van der Waals surface area contributed by atoms with Gasteiger partial charge >= 0.3 is 0 Å². The molecule has 0 radical (unpaired) electrons. The summed E-state index contributed by atoms with van der Waals surface area (Å²) >= 11 is 0. The molecule has 0 bridgehead atoms. The second-order valence-electron chi connectivity index (χ2n) is 9.12. The topological polar surface area (TPSA) is 66.7 Å². The highest BCUT2D eigenvalue weighted by Crippen LogP contribution is 2.31. The smallest absolute Gasteiger partial charge is 0.227 e. The zero-order chi connectivity index (χ0) is 22.7. The number of hydrogen-bond donors (Lipinski definition) is 0. The van der Waals surface area contributed by atoms with Gasteiger partial charge in [0.05, 0.1) is 18.5 Å². The van der Waals surface area contributed by atoms with Crippen LogP contribution in [0.4, 0.5) is 4.39 Å². The van der Waals surface area contributed by atoms with Crippen LogP contribution >= 0.6 is 0 Å². The maximum absolute atomic E-state index is 14.1. The molecular formula is C25H32FN3O3. The molecule has 7 heteroatoms. The van der Waals surface area contributed by atoms with Gasteiger partial charge in [0.15, 0.2) is 0 Å². The molecule has 2 amide bonds. The van der Waals surface area contributed by atoms with Gasteiger partial charge in [0.2, 0.25) is 11.8 Å². The van der Waals surface area contributed by atoms with Crippen molar-refractivity contribution in [2.45, 2.75) is 64.8 Å². The second kappa shape index (κ2) is 9.84. The van der Waals surface area contributed by atoms with Crippen molar-refractivity contribution in [3.63, 3.8) is 0 Å². The number of rotatable bonds is 5. The molecule has 2 aliphatic heterocycles. The van der Waals surface area contributed by atoms with Crippen LogP contribution in [0, 0.1) is 25.6 Å². The van der Waals surface area contributed by atoms with Crippen LogP contribution in [0.2, 0.25) is 0 Å². The number of hydrogen-bond acceptors (Lipinski definition) is 4. The number of aromatic nitrogens is 1. The van der Waals surface area contributed by atoms with Crippen LogP contribution in [0.25, 0.3) is 0 Å². The summed E-state index contributed by atoms with van der Waals surface area (Å²) in [6, 6.07) is 6.70. The first-order valence-electron chi connectivity index (χ1n) is 11.7. The molecule has 32 heavy (non-hydrogen) atoms. The van der Waals surface area contributed by atoms with E-state index in [1.807, 2.05) is 23.6 Å². The van der Waals surface area contributed by atoms with Crippen molar-refractivity contribution in [1.82, 2.24) is 15.0 Å². The third-order valence-corrected chi connectivity index (χ3v) is 7.11. The lowest BCUT2D eigenvalue weighted by Crippen LogP contribution is -2.51. The molecule has 6 nitrogen and oxygen atoms in total. The molecule has 2 aromatic rings. The maximum atomic E-state index is 14.1. The average molecular weight is 442 g/mol. The highest BCUT2D eigenvalue weighted by Gasteiger charge is 2.35. The Morgan fingerprint density at radius 1 is 1.03 bits per heavy atom. The zero-order valence-electron chi connectivity index (χ0n) is 19.0. The SMILES string of the molecule is Cc1noc(C)c1CC(=O)N1CCC([C@H]2CCCCN2C(=O)Cc2ccccc2F)CC1. The van der Waals surface area contributed by atoms with Crippen LogP contribution in [0.15, 0.2) is 28.8 Å². The van der Waals surface area contributed by atoms with Gasteiger partial charge < -0.3 is 14.3 Å². The lowest BCUT2D eigenvalue weighted by atomic mass is 9.83. The van der Waals surface area contributed by atoms with E-state index in [1.54, 1.807) is 18.2 Å². The Morgan fingerprint density at radius 2 is 1.78 bits per heavy atom. The first kappa shape index (κ1) is 22.5. The lowest BCUT2D eigenvalue weighted by Gasteiger charge is -2.44.